The van der Waals surface area contributed by atoms with Gasteiger partial charge in [-0.3, -0.25) is 4.98 Å². The number of furan rings is 1. The molecule has 0 atom stereocenters. The number of rotatable bonds is 3. The lowest BCUT2D eigenvalue weighted by atomic mass is 9.72. The second-order valence-corrected chi connectivity index (χ2v) is 16.2. The lowest BCUT2D eigenvalue weighted by Crippen LogP contribution is -2.23. The van der Waals surface area contributed by atoms with Crippen molar-refractivity contribution in [3.05, 3.63) is 113 Å². The normalized spacial score (nSPS) is 18.2. The smallest absolute Gasteiger partial charge is 0.144 e. The molecule has 0 spiro atoms. The summed E-state index contributed by atoms with van der Waals surface area (Å²) in [5.41, 5.74) is 7.36. The Bertz CT molecular complexity index is 2600. The lowest BCUT2D eigenvalue weighted by Gasteiger charge is -2.32. The number of para-hydroxylation sites is 1. The number of aromatic nitrogens is 1. The highest BCUT2D eigenvalue weighted by molar-refractivity contribution is 6.17. The summed E-state index contributed by atoms with van der Waals surface area (Å²) in [6.07, 6.45) is 2.93. The molecule has 1 aliphatic rings. The third-order valence-corrected chi connectivity index (χ3v) is 10.5. The van der Waals surface area contributed by atoms with E-state index in [1.807, 2.05) is 18.2 Å². The molecule has 242 valence electrons. The number of fused-ring (bicyclic) bond motifs is 7. The molecule has 0 bridgehead atoms. The van der Waals surface area contributed by atoms with Crippen LogP contribution in [0.3, 0.4) is 0 Å². The fourth-order valence-electron chi connectivity index (χ4n) is 8.14. The number of pyridine rings is 1. The van der Waals surface area contributed by atoms with Crippen LogP contribution < -0.4 is 0 Å². The second kappa shape index (κ2) is 10.8. The van der Waals surface area contributed by atoms with Crippen molar-refractivity contribution in [2.45, 2.75) is 91.8 Å². The standard InChI is InChI=1S/C46H47NO/c1-28-27-47-40(24-32(28)26-44(2,3)4)35-14-9-13-34-38-23-31-19-17-29-16-18-30(22-36(29)37(31)25-41(38)48-43(34)35)33-12-10-15-39-42(33)46(7,8)21-11-20-45(39,5)6/h9-10,12-19,22-25,27H,11,20-21,26H2,1-8H3/i1D3,26D2. The largest absolute Gasteiger partial charge is 0.455 e. The Balaban J connectivity index is 1.32. The molecular formula is C46H47NO. The van der Waals surface area contributed by atoms with Crippen LogP contribution in [0.2, 0.25) is 0 Å². The molecule has 8 rings (SSSR count). The van der Waals surface area contributed by atoms with E-state index < -0.39 is 18.6 Å². The zero-order valence-corrected chi connectivity index (χ0v) is 29.1. The molecule has 7 aromatic rings. The van der Waals surface area contributed by atoms with Crippen molar-refractivity contribution in [3.63, 3.8) is 0 Å². The maximum absolute atomic E-state index is 9.03. The molecule has 0 aliphatic heterocycles. The lowest BCUT2D eigenvalue weighted by molar-refractivity contribution is 0.410. The van der Waals surface area contributed by atoms with Crippen molar-refractivity contribution in [2.24, 2.45) is 5.41 Å². The quantitative estimate of drug-likeness (QED) is 0.143. The van der Waals surface area contributed by atoms with Crippen LogP contribution in [0.15, 0.2) is 95.5 Å². The summed E-state index contributed by atoms with van der Waals surface area (Å²) in [7, 11) is 0. The van der Waals surface area contributed by atoms with Crippen LogP contribution in [0, 0.1) is 12.3 Å². The van der Waals surface area contributed by atoms with Gasteiger partial charge in [-0.15, -0.1) is 0 Å². The third-order valence-electron chi connectivity index (χ3n) is 10.5. The van der Waals surface area contributed by atoms with E-state index in [1.165, 1.54) is 52.1 Å². The summed E-state index contributed by atoms with van der Waals surface area (Å²) in [4.78, 5) is 4.60. The van der Waals surface area contributed by atoms with E-state index in [0.29, 0.717) is 16.8 Å². The monoisotopic (exact) mass is 634 g/mol. The summed E-state index contributed by atoms with van der Waals surface area (Å²) in [6, 6.07) is 29.9. The molecule has 2 aromatic heterocycles. The first-order valence-corrected chi connectivity index (χ1v) is 17.3. The predicted octanol–water partition coefficient (Wildman–Crippen LogP) is 13.3. The van der Waals surface area contributed by atoms with Crippen molar-refractivity contribution in [2.75, 3.05) is 0 Å². The highest BCUT2D eigenvalue weighted by atomic mass is 16.3. The molecule has 0 fully saturated rings. The Kier molecular flexibility index (Phi) is 5.75. The van der Waals surface area contributed by atoms with Crippen LogP contribution in [0.4, 0.5) is 0 Å². The molecule has 0 amide bonds. The fraction of sp³-hybridized carbons (Fsp3) is 0.326. The van der Waals surface area contributed by atoms with E-state index >= 15 is 0 Å². The first kappa shape index (κ1) is 25.6. The van der Waals surface area contributed by atoms with E-state index in [4.69, 9.17) is 11.3 Å². The van der Waals surface area contributed by atoms with Crippen molar-refractivity contribution in [3.8, 4) is 22.4 Å². The van der Waals surface area contributed by atoms with Gasteiger partial charge in [0.1, 0.15) is 11.2 Å². The van der Waals surface area contributed by atoms with Gasteiger partial charge in [0.15, 0.2) is 0 Å². The highest BCUT2D eigenvalue weighted by Gasteiger charge is 2.36. The Morgan fingerprint density at radius 1 is 0.771 bits per heavy atom. The van der Waals surface area contributed by atoms with Crippen LogP contribution in [0.1, 0.15) is 96.8 Å². The number of aryl methyl sites for hydroxylation is 1. The van der Waals surface area contributed by atoms with Gasteiger partial charge in [0, 0.05) is 29.4 Å². The van der Waals surface area contributed by atoms with Gasteiger partial charge in [-0.05, 0) is 128 Å². The van der Waals surface area contributed by atoms with E-state index in [1.54, 1.807) is 26.8 Å². The molecule has 48 heavy (non-hydrogen) atoms. The Morgan fingerprint density at radius 3 is 2.31 bits per heavy atom. The van der Waals surface area contributed by atoms with E-state index in [0.717, 1.165) is 33.5 Å². The average Bonchev–Trinajstić information content (AvgIpc) is 3.42. The first-order chi connectivity index (χ1) is 24.8. The van der Waals surface area contributed by atoms with Crippen LogP contribution in [0.25, 0.3) is 65.9 Å². The SMILES string of the molecule is [2H]C([2H])([2H])c1cnc(-c2cccc3c2oc2cc4c(ccc5ccc(-c6cccc7c6C(C)(C)CCCC7(C)C)cc54)cc23)cc1C([2H])([2H])C(C)(C)C. The highest BCUT2D eigenvalue weighted by Crippen LogP contribution is 2.48. The van der Waals surface area contributed by atoms with Gasteiger partial charge in [0.2, 0.25) is 0 Å². The summed E-state index contributed by atoms with van der Waals surface area (Å²) >= 11 is 0. The summed E-state index contributed by atoms with van der Waals surface area (Å²) in [5, 5.41) is 6.46. The molecule has 0 N–H and O–H groups in total. The van der Waals surface area contributed by atoms with Gasteiger partial charge in [0.25, 0.3) is 0 Å². The molecule has 0 unspecified atom stereocenters. The van der Waals surface area contributed by atoms with Crippen LogP contribution in [0.5, 0.6) is 0 Å². The number of hydrogen-bond donors (Lipinski definition) is 0. The van der Waals surface area contributed by atoms with Gasteiger partial charge >= 0.3 is 0 Å². The predicted molar refractivity (Wildman–Crippen MR) is 205 cm³/mol. The summed E-state index contributed by atoms with van der Waals surface area (Å²) in [6.45, 7) is 12.4. The molecule has 0 saturated heterocycles. The maximum Gasteiger partial charge on any atom is 0.144 e. The van der Waals surface area contributed by atoms with E-state index in [-0.39, 0.29) is 22.0 Å². The molecule has 2 heteroatoms. The van der Waals surface area contributed by atoms with Crippen molar-refractivity contribution >= 4 is 43.5 Å². The fourth-order valence-corrected chi connectivity index (χ4v) is 8.14. The summed E-state index contributed by atoms with van der Waals surface area (Å²) < 4.78 is 49.2. The minimum atomic E-state index is -2.51. The zero-order chi connectivity index (χ0) is 37.9. The number of hydrogen-bond acceptors (Lipinski definition) is 2. The topological polar surface area (TPSA) is 26.0 Å². The second-order valence-electron chi connectivity index (χ2n) is 16.2. The average molecular weight is 635 g/mol. The van der Waals surface area contributed by atoms with E-state index in [9.17, 15) is 0 Å². The van der Waals surface area contributed by atoms with Crippen LogP contribution in [-0.4, -0.2) is 4.98 Å². The van der Waals surface area contributed by atoms with Crippen molar-refractivity contribution in [1.82, 2.24) is 4.98 Å². The van der Waals surface area contributed by atoms with E-state index in [2.05, 4.69) is 93.3 Å². The number of nitrogens with zero attached hydrogens (tertiary/aromatic N) is 1. The van der Waals surface area contributed by atoms with Crippen LogP contribution in [-0.2, 0) is 17.2 Å². The van der Waals surface area contributed by atoms with Crippen molar-refractivity contribution < 1.29 is 11.3 Å². The van der Waals surface area contributed by atoms with Gasteiger partial charge in [-0.25, -0.2) is 0 Å². The summed E-state index contributed by atoms with van der Waals surface area (Å²) in [5.74, 6) is 0. The minimum Gasteiger partial charge on any atom is -0.455 e. The maximum atomic E-state index is 9.03. The molecule has 1 aliphatic carbocycles. The Morgan fingerprint density at radius 2 is 1.50 bits per heavy atom. The minimum absolute atomic E-state index is 0.0593. The van der Waals surface area contributed by atoms with Gasteiger partial charge < -0.3 is 4.42 Å². The Hall–Kier alpha value is -4.43. The molecule has 5 aromatic carbocycles. The molecular weight excluding hydrogens is 583 g/mol. The Labute approximate surface area is 292 Å². The van der Waals surface area contributed by atoms with Gasteiger partial charge in [0.05, 0.1) is 5.69 Å². The first-order valence-electron chi connectivity index (χ1n) is 19.8. The molecule has 2 heterocycles. The van der Waals surface area contributed by atoms with Gasteiger partial charge in [-0.1, -0.05) is 109 Å². The molecule has 2 nitrogen and oxygen atoms in total. The zero-order valence-electron chi connectivity index (χ0n) is 34.1. The molecule has 0 radical (unpaired) electrons. The molecule has 0 saturated carbocycles. The third kappa shape index (κ3) is 5.12. The number of benzene rings is 5. The van der Waals surface area contributed by atoms with Crippen LogP contribution >= 0.6 is 0 Å². The van der Waals surface area contributed by atoms with Gasteiger partial charge in [-0.2, -0.15) is 0 Å². The van der Waals surface area contributed by atoms with Crippen molar-refractivity contribution in [1.29, 1.82) is 0 Å².